The van der Waals surface area contributed by atoms with Crippen molar-refractivity contribution >= 4 is 17.7 Å². The smallest absolute Gasteiger partial charge is 0.261 e. The summed E-state index contributed by atoms with van der Waals surface area (Å²) >= 11 is 0. The lowest BCUT2D eigenvalue weighted by Crippen LogP contribution is -2.32. The number of hydrogen-bond donors (Lipinski definition) is 0. The number of imide groups is 1. The predicted molar refractivity (Wildman–Crippen MR) is 91.8 cm³/mol. The van der Waals surface area contributed by atoms with E-state index in [1.54, 1.807) is 48.6 Å². The Hall–Kier alpha value is -3.02. The molecule has 0 N–H and O–H groups in total. The Balaban J connectivity index is 1.51. The summed E-state index contributed by atoms with van der Waals surface area (Å²) in [5.74, 6) is -0.589. The van der Waals surface area contributed by atoms with Crippen LogP contribution in [0, 0.1) is 0 Å². The van der Waals surface area contributed by atoms with E-state index in [2.05, 4.69) is 4.98 Å². The largest absolute Gasteiger partial charge is 0.341 e. The lowest BCUT2D eigenvalue weighted by Gasteiger charge is -2.18. The third-order valence-corrected chi connectivity index (χ3v) is 4.22. The van der Waals surface area contributed by atoms with E-state index < -0.39 is 0 Å². The van der Waals surface area contributed by atoms with Gasteiger partial charge in [0.1, 0.15) is 0 Å². The molecule has 3 amide bonds. The van der Waals surface area contributed by atoms with Crippen LogP contribution in [0.4, 0.5) is 0 Å². The molecule has 6 nitrogen and oxygen atoms in total. The van der Waals surface area contributed by atoms with Crippen LogP contribution < -0.4 is 0 Å². The SMILES string of the molecule is CN(Cc1cccnc1)C(=O)CCCN1C(=O)c2ccccc2C1=O. The highest BCUT2D eigenvalue weighted by Crippen LogP contribution is 2.22. The number of benzene rings is 1. The minimum atomic E-state index is -0.281. The Labute approximate surface area is 146 Å². The molecule has 3 rings (SSSR count). The minimum Gasteiger partial charge on any atom is -0.341 e. The first kappa shape index (κ1) is 16.8. The van der Waals surface area contributed by atoms with E-state index in [4.69, 9.17) is 0 Å². The Morgan fingerprint density at radius 3 is 2.36 bits per heavy atom. The van der Waals surface area contributed by atoms with Crippen molar-refractivity contribution in [2.24, 2.45) is 0 Å². The standard InChI is InChI=1S/C19H19N3O3/c1-21(13-14-6-4-10-20-12-14)17(23)9-5-11-22-18(24)15-7-2-3-8-16(15)19(22)25/h2-4,6-8,10,12H,5,9,11,13H2,1H3. The maximum atomic E-state index is 12.3. The molecule has 2 heterocycles. The van der Waals surface area contributed by atoms with Crippen molar-refractivity contribution in [3.8, 4) is 0 Å². The van der Waals surface area contributed by atoms with Gasteiger partial charge in [-0.15, -0.1) is 0 Å². The normalized spacial score (nSPS) is 13.1. The van der Waals surface area contributed by atoms with Crippen molar-refractivity contribution in [1.82, 2.24) is 14.8 Å². The van der Waals surface area contributed by atoms with Gasteiger partial charge in [-0.3, -0.25) is 24.3 Å². The molecule has 0 bridgehead atoms. The molecule has 6 heteroatoms. The van der Waals surface area contributed by atoms with E-state index in [0.29, 0.717) is 24.1 Å². The van der Waals surface area contributed by atoms with Gasteiger partial charge in [0.25, 0.3) is 11.8 Å². The Morgan fingerprint density at radius 1 is 1.08 bits per heavy atom. The van der Waals surface area contributed by atoms with E-state index in [1.165, 1.54) is 4.90 Å². The van der Waals surface area contributed by atoms with Gasteiger partial charge in [-0.1, -0.05) is 18.2 Å². The zero-order valence-electron chi connectivity index (χ0n) is 14.0. The van der Waals surface area contributed by atoms with Gasteiger partial charge in [0.05, 0.1) is 11.1 Å². The first-order valence-corrected chi connectivity index (χ1v) is 8.16. The van der Waals surface area contributed by atoms with Crippen molar-refractivity contribution in [1.29, 1.82) is 0 Å². The molecule has 0 spiro atoms. The van der Waals surface area contributed by atoms with E-state index in [1.807, 2.05) is 12.1 Å². The predicted octanol–water partition coefficient (Wildman–Crippen LogP) is 2.12. The molecule has 0 aliphatic carbocycles. The summed E-state index contributed by atoms with van der Waals surface area (Å²) in [6.45, 7) is 0.735. The van der Waals surface area contributed by atoms with E-state index in [9.17, 15) is 14.4 Å². The van der Waals surface area contributed by atoms with Crippen LogP contribution in [0.3, 0.4) is 0 Å². The summed E-state index contributed by atoms with van der Waals surface area (Å²) in [5.41, 5.74) is 1.83. The van der Waals surface area contributed by atoms with Crippen LogP contribution in [-0.2, 0) is 11.3 Å². The molecule has 0 saturated carbocycles. The third kappa shape index (κ3) is 3.57. The zero-order chi connectivity index (χ0) is 17.8. The van der Waals surface area contributed by atoms with Crippen molar-refractivity contribution in [2.75, 3.05) is 13.6 Å². The van der Waals surface area contributed by atoms with Crippen molar-refractivity contribution in [3.05, 3.63) is 65.5 Å². The quantitative estimate of drug-likeness (QED) is 0.757. The van der Waals surface area contributed by atoms with E-state index in [0.717, 1.165) is 5.56 Å². The maximum Gasteiger partial charge on any atom is 0.261 e. The highest BCUT2D eigenvalue weighted by molar-refractivity contribution is 6.21. The van der Waals surface area contributed by atoms with Crippen molar-refractivity contribution < 1.29 is 14.4 Å². The molecule has 0 radical (unpaired) electrons. The molecule has 1 aromatic heterocycles. The van der Waals surface area contributed by atoms with E-state index in [-0.39, 0.29) is 30.7 Å². The fourth-order valence-electron chi connectivity index (χ4n) is 2.88. The molecule has 1 aliphatic heterocycles. The van der Waals surface area contributed by atoms with Crippen LogP contribution in [0.15, 0.2) is 48.8 Å². The average molecular weight is 337 g/mol. The van der Waals surface area contributed by atoms with Crippen molar-refractivity contribution in [2.45, 2.75) is 19.4 Å². The summed E-state index contributed by atoms with van der Waals surface area (Å²) in [7, 11) is 1.73. The number of hydrogen-bond acceptors (Lipinski definition) is 4. The van der Waals surface area contributed by atoms with Crippen LogP contribution in [0.2, 0.25) is 0 Å². The van der Waals surface area contributed by atoms with Gasteiger partial charge in [-0.05, 0) is 30.2 Å². The van der Waals surface area contributed by atoms with Crippen LogP contribution in [0.1, 0.15) is 39.1 Å². The van der Waals surface area contributed by atoms with Crippen LogP contribution in [0.25, 0.3) is 0 Å². The number of rotatable bonds is 6. The van der Waals surface area contributed by atoms with Crippen molar-refractivity contribution in [3.63, 3.8) is 0 Å². The number of fused-ring (bicyclic) bond motifs is 1. The van der Waals surface area contributed by atoms with Gasteiger partial charge < -0.3 is 4.90 Å². The second-order valence-corrected chi connectivity index (χ2v) is 6.02. The van der Waals surface area contributed by atoms with Crippen LogP contribution in [0.5, 0.6) is 0 Å². The average Bonchev–Trinajstić information content (AvgIpc) is 2.87. The molecular formula is C19H19N3O3. The van der Waals surface area contributed by atoms with Crippen LogP contribution in [-0.4, -0.2) is 46.1 Å². The molecule has 0 unspecified atom stereocenters. The fraction of sp³-hybridized carbons (Fsp3) is 0.263. The van der Waals surface area contributed by atoms with Gasteiger partial charge >= 0.3 is 0 Å². The number of carbonyl (C=O) groups excluding carboxylic acids is 3. The number of nitrogens with zero attached hydrogens (tertiary/aromatic N) is 3. The number of carbonyl (C=O) groups is 3. The summed E-state index contributed by atoms with van der Waals surface area (Å²) < 4.78 is 0. The molecule has 128 valence electrons. The number of pyridine rings is 1. The number of aromatic nitrogens is 1. The topological polar surface area (TPSA) is 70.6 Å². The summed E-state index contributed by atoms with van der Waals surface area (Å²) in [6.07, 6.45) is 4.14. The Morgan fingerprint density at radius 2 is 1.76 bits per heavy atom. The summed E-state index contributed by atoms with van der Waals surface area (Å²) in [4.78, 5) is 43.6. The van der Waals surface area contributed by atoms with Gasteiger partial charge in [0.2, 0.25) is 5.91 Å². The highest BCUT2D eigenvalue weighted by Gasteiger charge is 2.34. The Kier molecular flexibility index (Phi) is 4.88. The molecule has 2 aromatic rings. The summed E-state index contributed by atoms with van der Waals surface area (Å²) in [5, 5.41) is 0. The molecule has 1 aliphatic rings. The zero-order valence-corrected chi connectivity index (χ0v) is 14.0. The molecule has 0 fully saturated rings. The minimum absolute atomic E-state index is 0.0273. The second kappa shape index (κ2) is 7.25. The molecule has 1 aromatic carbocycles. The molecule has 25 heavy (non-hydrogen) atoms. The van der Waals surface area contributed by atoms with Crippen LogP contribution >= 0.6 is 0 Å². The highest BCUT2D eigenvalue weighted by atomic mass is 16.2. The monoisotopic (exact) mass is 337 g/mol. The first-order valence-electron chi connectivity index (χ1n) is 8.16. The molecule has 0 atom stereocenters. The molecular weight excluding hydrogens is 318 g/mol. The third-order valence-electron chi connectivity index (χ3n) is 4.22. The van der Waals surface area contributed by atoms with E-state index >= 15 is 0 Å². The van der Waals surface area contributed by atoms with Gasteiger partial charge in [-0.25, -0.2) is 0 Å². The summed E-state index contributed by atoms with van der Waals surface area (Å²) in [6, 6.07) is 10.5. The van der Waals surface area contributed by atoms with Gasteiger partial charge in [0, 0.05) is 39.0 Å². The molecule has 0 saturated heterocycles. The first-order chi connectivity index (χ1) is 12.1. The number of amides is 3. The second-order valence-electron chi connectivity index (χ2n) is 6.02. The maximum absolute atomic E-state index is 12.3. The lowest BCUT2D eigenvalue weighted by molar-refractivity contribution is -0.130. The fourth-order valence-corrected chi connectivity index (χ4v) is 2.88. The Bertz CT molecular complexity index is 770. The lowest BCUT2D eigenvalue weighted by atomic mass is 10.1. The van der Waals surface area contributed by atoms with Gasteiger partial charge in [-0.2, -0.15) is 0 Å². The van der Waals surface area contributed by atoms with Gasteiger partial charge in [0.15, 0.2) is 0 Å².